The number of rotatable bonds is 3. The predicted octanol–water partition coefficient (Wildman–Crippen LogP) is 5.48. The zero-order valence-corrected chi connectivity index (χ0v) is 11.1. The molecule has 0 bridgehead atoms. The van der Waals surface area contributed by atoms with Crippen LogP contribution in [0.4, 0.5) is 65.9 Å². The lowest BCUT2D eigenvalue weighted by atomic mass is 9.83. The minimum absolute atomic E-state index is 0.817. The fourth-order valence-electron chi connectivity index (χ4n) is 1.64. The van der Waals surface area contributed by atoms with E-state index in [1.807, 2.05) is 0 Å². The van der Waals surface area contributed by atoms with Crippen LogP contribution in [0.1, 0.15) is 0 Å². The molecule has 0 aromatic carbocycles. The van der Waals surface area contributed by atoms with Gasteiger partial charge in [-0.2, -0.15) is 61.5 Å². The van der Waals surface area contributed by atoms with Crippen LogP contribution in [0.2, 0.25) is 0 Å². The monoisotopic (exact) mass is 412 g/mol. The van der Waals surface area contributed by atoms with Gasteiger partial charge in [-0.1, -0.05) is 0 Å². The molecule has 0 aromatic heterocycles. The van der Waals surface area contributed by atoms with Crippen molar-refractivity contribution in [2.75, 3.05) is 7.11 Å². The third-order valence-corrected chi connectivity index (χ3v) is 2.61. The van der Waals surface area contributed by atoms with Crippen molar-refractivity contribution >= 4 is 0 Å². The van der Waals surface area contributed by atoms with Crippen LogP contribution in [0.3, 0.4) is 0 Å². The molecule has 0 spiro atoms. The van der Waals surface area contributed by atoms with Gasteiger partial charge in [0.2, 0.25) is 5.83 Å². The van der Waals surface area contributed by atoms with Gasteiger partial charge in [0.1, 0.15) is 5.57 Å². The number of methoxy groups -OCH3 is 1. The minimum Gasteiger partial charge on any atom is -0.359 e. The summed E-state index contributed by atoms with van der Waals surface area (Å²) in [6.07, 6.45) is -29.2. The molecule has 0 aliphatic carbocycles. The Balaban J connectivity index is 7.47. The standard InChI is InChI=1S/C9H3F15O/c1-25-4(8(19,20)21,7(17,18)9(22,23)24)2(5(11,12)13)3(10)6(14,15)16/h1H3/b3-2+. The Kier molecular flexibility index (Phi) is 5.79. The molecule has 0 saturated heterocycles. The van der Waals surface area contributed by atoms with E-state index >= 15 is 0 Å². The van der Waals surface area contributed by atoms with Crippen LogP contribution in [0.15, 0.2) is 11.4 Å². The molecule has 0 aromatic rings. The maximum absolute atomic E-state index is 13.2. The van der Waals surface area contributed by atoms with Gasteiger partial charge in [0.15, 0.2) is 0 Å². The van der Waals surface area contributed by atoms with Crippen molar-refractivity contribution in [3.05, 3.63) is 11.4 Å². The maximum atomic E-state index is 13.2. The van der Waals surface area contributed by atoms with E-state index in [9.17, 15) is 65.9 Å². The molecule has 1 nitrogen and oxygen atoms in total. The van der Waals surface area contributed by atoms with E-state index in [1.165, 1.54) is 0 Å². The quantitative estimate of drug-likeness (QED) is 0.558. The SMILES string of the molecule is COC(/C(=C(\F)C(F)(F)F)C(F)(F)F)(C(F)(F)F)C(F)(F)C(F)(F)F. The van der Waals surface area contributed by atoms with E-state index in [1.54, 1.807) is 0 Å². The Morgan fingerprint density at radius 1 is 0.600 bits per heavy atom. The molecule has 0 fully saturated rings. The number of hydrogen-bond donors (Lipinski definition) is 0. The van der Waals surface area contributed by atoms with Crippen LogP contribution < -0.4 is 0 Å². The fourth-order valence-corrected chi connectivity index (χ4v) is 1.64. The number of halogens is 15. The van der Waals surface area contributed by atoms with Gasteiger partial charge in [-0.3, -0.25) is 0 Å². The van der Waals surface area contributed by atoms with Crippen LogP contribution in [0.25, 0.3) is 0 Å². The third kappa shape index (κ3) is 3.76. The maximum Gasteiger partial charge on any atom is 0.457 e. The summed E-state index contributed by atoms with van der Waals surface area (Å²) >= 11 is 0. The lowest BCUT2D eigenvalue weighted by Crippen LogP contribution is -2.69. The summed E-state index contributed by atoms with van der Waals surface area (Å²) < 4.78 is 191. The largest absolute Gasteiger partial charge is 0.457 e. The molecular weight excluding hydrogens is 409 g/mol. The summed E-state index contributed by atoms with van der Waals surface area (Å²) in [6, 6.07) is 0. The first-order valence-corrected chi connectivity index (χ1v) is 5.20. The van der Waals surface area contributed by atoms with Crippen molar-refractivity contribution in [1.29, 1.82) is 0 Å². The Hall–Kier alpha value is -1.35. The van der Waals surface area contributed by atoms with Crippen LogP contribution in [-0.2, 0) is 4.74 Å². The molecule has 0 heterocycles. The Morgan fingerprint density at radius 3 is 1.12 bits per heavy atom. The second-order valence-electron chi connectivity index (χ2n) is 4.14. The molecule has 0 rings (SSSR count). The van der Waals surface area contributed by atoms with Crippen molar-refractivity contribution in [2.45, 2.75) is 36.2 Å². The van der Waals surface area contributed by atoms with Gasteiger partial charge < -0.3 is 4.74 Å². The van der Waals surface area contributed by atoms with Crippen molar-refractivity contribution in [3.8, 4) is 0 Å². The predicted molar refractivity (Wildman–Crippen MR) is 47.0 cm³/mol. The smallest absolute Gasteiger partial charge is 0.359 e. The topological polar surface area (TPSA) is 9.23 Å². The van der Waals surface area contributed by atoms with Crippen molar-refractivity contribution in [1.82, 2.24) is 0 Å². The van der Waals surface area contributed by atoms with Gasteiger partial charge in [-0.15, -0.1) is 0 Å². The first-order valence-electron chi connectivity index (χ1n) is 5.20. The second kappa shape index (κ2) is 6.12. The number of hydrogen-bond acceptors (Lipinski definition) is 1. The van der Waals surface area contributed by atoms with Crippen molar-refractivity contribution in [3.63, 3.8) is 0 Å². The summed E-state index contributed by atoms with van der Waals surface area (Å²) in [5, 5.41) is 0. The fraction of sp³-hybridized carbons (Fsp3) is 0.778. The van der Waals surface area contributed by atoms with Crippen molar-refractivity contribution in [2.24, 2.45) is 0 Å². The van der Waals surface area contributed by atoms with E-state index in [4.69, 9.17) is 0 Å². The van der Waals surface area contributed by atoms with Gasteiger partial charge >= 0.3 is 30.6 Å². The highest BCUT2D eigenvalue weighted by molar-refractivity contribution is 5.35. The zero-order valence-electron chi connectivity index (χ0n) is 11.1. The van der Waals surface area contributed by atoms with E-state index < -0.39 is 54.7 Å². The summed E-state index contributed by atoms with van der Waals surface area (Å²) in [6.45, 7) is 0. The number of allylic oxidation sites excluding steroid dienone is 1. The summed E-state index contributed by atoms with van der Waals surface area (Å²) in [7, 11) is -0.817. The van der Waals surface area contributed by atoms with Crippen LogP contribution in [0, 0.1) is 0 Å². The molecule has 16 heteroatoms. The van der Waals surface area contributed by atoms with Crippen LogP contribution in [0.5, 0.6) is 0 Å². The first kappa shape index (κ1) is 23.6. The molecule has 0 aliphatic heterocycles. The van der Waals surface area contributed by atoms with Gasteiger partial charge in [0, 0.05) is 7.11 Å². The number of ether oxygens (including phenoxy) is 1. The average molecular weight is 412 g/mol. The van der Waals surface area contributed by atoms with Crippen LogP contribution >= 0.6 is 0 Å². The lowest BCUT2D eigenvalue weighted by Gasteiger charge is -2.42. The summed E-state index contributed by atoms with van der Waals surface area (Å²) in [4.78, 5) is 0. The van der Waals surface area contributed by atoms with Gasteiger partial charge in [0.05, 0.1) is 0 Å². The molecule has 0 amide bonds. The van der Waals surface area contributed by atoms with E-state index in [2.05, 4.69) is 4.74 Å². The zero-order chi connectivity index (χ0) is 20.9. The number of alkyl halides is 14. The van der Waals surface area contributed by atoms with Crippen molar-refractivity contribution < 1.29 is 70.6 Å². The Morgan fingerprint density at radius 2 is 0.960 bits per heavy atom. The Bertz CT molecular complexity index is 515. The molecule has 1 unspecified atom stereocenters. The highest BCUT2D eigenvalue weighted by atomic mass is 19.4. The van der Waals surface area contributed by atoms with Gasteiger partial charge in [-0.25, -0.2) is 4.39 Å². The molecule has 0 N–H and O–H groups in total. The third-order valence-electron chi connectivity index (χ3n) is 2.61. The second-order valence-corrected chi connectivity index (χ2v) is 4.14. The van der Waals surface area contributed by atoms with Gasteiger partial charge in [0.25, 0.3) is 5.60 Å². The molecule has 150 valence electrons. The average Bonchev–Trinajstić information content (AvgIpc) is 2.28. The van der Waals surface area contributed by atoms with E-state index in [0.29, 0.717) is 0 Å². The molecule has 0 aliphatic rings. The Labute approximate surface area is 127 Å². The van der Waals surface area contributed by atoms with E-state index in [0.717, 1.165) is 0 Å². The normalized spacial score (nSPS) is 18.7. The highest BCUT2D eigenvalue weighted by Crippen LogP contribution is 2.60. The lowest BCUT2D eigenvalue weighted by molar-refractivity contribution is -0.403. The molecular formula is C9H3F15O. The molecule has 0 saturated carbocycles. The highest BCUT2D eigenvalue weighted by Gasteiger charge is 2.85. The first-order chi connectivity index (χ1) is 10.6. The molecule has 1 atom stereocenters. The summed E-state index contributed by atoms with van der Waals surface area (Å²) in [5.74, 6) is -12.5. The van der Waals surface area contributed by atoms with Gasteiger partial charge in [-0.05, 0) is 0 Å². The molecule has 25 heavy (non-hydrogen) atoms. The summed E-state index contributed by atoms with van der Waals surface area (Å²) in [5.41, 5.74) is -12.0. The van der Waals surface area contributed by atoms with Crippen LogP contribution in [-0.4, -0.2) is 43.3 Å². The van der Waals surface area contributed by atoms with E-state index in [-0.39, 0.29) is 0 Å². The molecule has 0 radical (unpaired) electrons. The minimum atomic E-state index is -7.65.